The molecular weight excluding hydrogens is 272 g/mol. The number of aromatic amines is 1. The molecule has 1 aromatic heterocycles. The molecule has 0 unspecified atom stereocenters. The summed E-state index contributed by atoms with van der Waals surface area (Å²) >= 11 is 0. The molecule has 2 amide bonds. The minimum atomic E-state index is -0.299. The van der Waals surface area contributed by atoms with Crippen LogP contribution in [0, 0.1) is 0 Å². The van der Waals surface area contributed by atoms with Crippen LogP contribution in [0.15, 0.2) is 29.1 Å². The molecule has 21 heavy (non-hydrogen) atoms. The van der Waals surface area contributed by atoms with E-state index >= 15 is 0 Å². The first-order valence-electron chi connectivity index (χ1n) is 6.81. The van der Waals surface area contributed by atoms with Gasteiger partial charge in [-0.25, -0.2) is 9.78 Å². The van der Waals surface area contributed by atoms with Crippen LogP contribution in [0.3, 0.4) is 0 Å². The number of H-pyrrole nitrogens is 1. The van der Waals surface area contributed by atoms with Crippen molar-refractivity contribution in [3.05, 3.63) is 40.4 Å². The molecule has 0 aliphatic heterocycles. The lowest BCUT2D eigenvalue weighted by Crippen LogP contribution is -2.37. The minimum absolute atomic E-state index is 0.0442. The number of aliphatic hydroxyl groups excluding tert-OH is 1. The first-order valence-corrected chi connectivity index (χ1v) is 6.81. The number of para-hydroxylation sites is 1. The second-order valence-corrected chi connectivity index (χ2v) is 4.54. The van der Waals surface area contributed by atoms with E-state index in [1.807, 2.05) is 6.07 Å². The van der Waals surface area contributed by atoms with Crippen molar-refractivity contribution in [2.75, 3.05) is 19.7 Å². The fraction of sp³-hybridized carbons (Fsp3) is 0.357. The summed E-state index contributed by atoms with van der Waals surface area (Å²) < 4.78 is 0. The van der Waals surface area contributed by atoms with Gasteiger partial charge >= 0.3 is 6.03 Å². The Morgan fingerprint density at radius 2 is 2.00 bits per heavy atom. The number of aliphatic hydroxyl groups is 1. The van der Waals surface area contributed by atoms with Gasteiger partial charge in [-0.2, -0.15) is 0 Å². The maximum Gasteiger partial charge on any atom is 0.314 e. The topological polar surface area (TPSA) is 107 Å². The van der Waals surface area contributed by atoms with Crippen molar-refractivity contribution in [3.8, 4) is 0 Å². The maximum absolute atomic E-state index is 11.9. The van der Waals surface area contributed by atoms with Crippen molar-refractivity contribution in [1.29, 1.82) is 0 Å². The zero-order chi connectivity index (χ0) is 15.1. The third-order valence-electron chi connectivity index (χ3n) is 2.93. The Hall–Kier alpha value is -2.41. The maximum atomic E-state index is 11.9. The van der Waals surface area contributed by atoms with E-state index in [1.54, 1.807) is 18.2 Å². The largest absolute Gasteiger partial charge is 0.396 e. The Balaban J connectivity index is 1.89. The first kappa shape index (κ1) is 15.0. The summed E-state index contributed by atoms with van der Waals surface area (Å²) in [4.78, 5) is 30.3. The third kappa shape index (κ3) is 4.28. The van der Waals surface area contributed by atoms with Crippen molar-refractivity contribution in [2.24, 2.45) is 0 Å². The zero-order valence-electron chi connectivity index (χ0n) is 11.6. The standard InChI is InChI=1S/C14H18N4O3/c19-9-3-7-15-14(21)16-8-6-12-17-11-5-2-1-4-10(11)13(20)18-12/h1-2,4-5,19H,3,6-9H2,(H2,15,16,21)(H,17,18,20). The van der Waals surface area contributed by atoms with Crippen LogP contribution < -0.4 is 16.2 Å². The van der Waals surface area contributed by atoms with Gasteiger partial charge in [-0.05, 0) is 18.6 Å². The highest BCUT2D eigenvalue weighted by Crippen LogP contribution is 2.05. The Kier molecular flexibility index (Phi) is 5.28. The molecule has 1 aromatic carbocycles. The van der Waals surface area contributed by atoms with Crippen molar-refractivity contribution in [2.45, 2.75) is 12.8 Å². The third-order valence-corrected chi connectivity index (χ3v) is 2.93. The van der Waals surface area contributed by atoms with Crippen LogP contribution in [0.5, 0.6) is 0 Å². The van der Waals surface area contributed by atoms with E-state index in [9.17, 15) is 9.59 Å². The van der Waals surface area contributed by atoms with Crippen LogP contribution in [-0.4, -0.2) is 40.8 Å². The normalized spacial score (nSPS) is 10.5. The van der Waals surface area contributed by atoms with E-state index < -0.39 is 0 Å². The summed E-state index contributed by atoms with van der Waals surface area (Å²) in [6.07, 6.45) is 0.959. The number of urea groups is 1. The number of carbonyl (C=O) groups excluding carboxylic acids is 1. The molecule has 1 heterocycles. The van der Waals surface area contributed by atoms with Gasteiger partial charge in [-0.3, -0.25) is 4.79 Å². The summed E-state index contributed by atoms with van der Waals surface area (Å²) in [6, 6.07) is 6.82. The number of carbonyl (C=O) groups is 1. The smallest absolute Gasteiger partial charge is 0.314 e. The average molecular weight is 290 g/mol. The molecular formula is C14H18N4O3. The molecule has 0 atom stereocenters. The van der Waals surface area contributed by atoms with Crippen molar-refractivity contribution >= 4 is 16.9 Å². The van der Waals surface area contributed by atoms with Gasteiger partial charge in [0, 0.05) is 26.1 Å². The first-order chi connectivity index (χ1) is 10.2. The molecule has 0 radical (unpaired) electrons. The SMILES string of the molecule is O=C(NCCCO)NCCc1nc2ccccc2c(=O)[nH]1. The van der Waals surface area contributed by atoms with Crippen molar-refractivity contribution in [1.82, 2.24) is 20.6 Å². The lowest BCUT2D eigenvalue weighted by molar-refractivity contribution is 0.238. The van der Waals surface area contributed by atoms with E-state index in [4.69, 9.17) is 5.11 Å². The van der Waals surface area contributed by atoms with E-state index in [2.05, 4.69) is 20.6 Å². The molecule has 0 aliphatic carbocycles. The van der Waals surface area contributed by atoms with Crippen molar-refractivity contribution in [3.63, 3.8) is 0 Å². The zero-order valence-corrected chi connectivity index (χ0v) is 11.6. The Morgan fingerprint density at radius 3 is 2.81 bits per heavy atom. The highest BCUT2D eigenvalue weighted by molar-refractivity contribution is 5.77. The quantitative estimate of drug-likeness (QED) is 0.568. The molecule has 0 spiro atoms. The van der Waals surface area contributed by atoms with Crippen LogP contribution >= 0.6 is 0 Å². The number of benzene rings is 1. The summed E-state index contributed by atoms with van der Waals surface area (Å²) in [5.41, 5.74) is 0.464. The van der Waals surface area contributed by atoms with Gasteiger partial charge in [-0.15, -0.1) is 0 Å². The van der Waals surface area contributed by atoms with Gasteiger partial charge in [0.05, 0.1) is 10.9 Å². The molecule has 0 fully saturated rings. The molecule has 7 heteroatoms. The van der Waals surface area contributed by atoms with Crippen molar-refractivity contribution < 1.29 is 9.90 Å². The Bertz CT molecular complexity index is 669. The number of aromatic nitrogens is 2. The van der Waals surface area contributed by atoms with Crippen LogP contribution in [0.1, 0.15) is 12.2 Å². The number of fused-ring (bicyclic) bond motifs is 1. The van der Waals surface area contributed by atoms with E-state index in [0.29, 0.717) is 42.7 Å². The fourth-order valence-corrected chi connectivity index (χ4v) is 1.89. The lowest BCUT2D eigenvalue weighted by atomic mass is 10.2. The molecule has 2 aromatic rings. The number of amides is 2. The van der Waals surface area contributed by atoms with Gasteiger partial charge in [0.2, 0.25) is 0 Å². The number of hydrogen-bond acceptors (Lipinski definition) is 4. The predicted octanol–water partition coefficient (Wildman–Crippen LogP) is 0.147. The van der Waals surface area contributed by atoms with E-state index in [-0.39, 0.29) is 18.2 Å². The van der Waals surface area contributed by atoms with Gasteiger partial charge < -0.3 is 20.7 Å². The summed E-state index contributed by atoms with van der Waals surface area (Å²) in [5.74, 6) is 0.536. The second kappa shape index (κ2) is 7.39. The summed E-state index contributed by atoms with van der Waals surface area (Å²) in [7, 11) is 0. The molecule has 0 bridgehead atoms. The van der Waals surface area contributed by atoms with Gasteiger partial charge in [0.15, 0.2) is 0 Å². The number of rotatable bonds is 6. The molecule has 0 aliphatic rings. The average Bonchev–Trinajstić information content (AvgIpc) is 2.48. The van der Waals surface area contributed by atoms with Gasteiger partial charge in [0.25, 0.3) is 5.56 Å². The van der Waals surface area contributed by atoms with Crippen LogP contribution in [0.25, 0.3) is 10.9 Å². The number of hydrogen-bond donors (Lipinski definition) is 4. The summed E-state index contributed by atoms with van der Waals surface area (Å²) in [5, 5.41) is 14.4. The van der Waals surface area contributed by atoms with Gasteiger partial charge in [0.1, 0.15) is 5.82 Å². The molecule has 0 saturated carbocycles. The van der Waals surface area contributed by atoms with Crippen LogP contribution in [-0.2, 0) is 6.42 Å². The van der Waals surface area contributed by atoms with Crippen LogP contribution in [0.4, 0.5) is 4.79 Å². The molecule has 2 rings (SSSR count). The molecule has 112 valence electrons. The molecule has 7 nitrogen and oxygen atoms in total. The highest BCUT2D eigenvalue weighted by Gasteiger charge is 2.04. The molecule has 0 saturated heterocycles. The van der Waals surface area contributed by atoms with Crippen LogP contribution in [0.2, 0.25) is 0 Å². The number of nitrogens with one attached hydrogen (secondary N) is 3. The Morgan fingerprint density at radius 1 is 1.24 bits per heavy atom. The fourth-order valence-electron chi connectivity index (χ4n) is 1.89. The predicted molar refractivity (Wildman–Crippen MR) is 79.2 cm³/mol. The molecule has 4 N–H and O–H groups in total. The monoisotopic (exact) mass is 290 g/mol. The van der Waals surface area contributed by atoms with Gasteiger partial charge in [-0.1, -0.05) is 12.1 Å². The number of nitrogens with zero attached hydrogens (tertiary/aromatic N) is 1. The summed E-state index contributed by atoms with van der Waals surface area (Å²) in [6.45, 7) is 0.835. The second-order valence-electron chi connectivity index (χ2n) is 4.54. The Labute approximate surface area is 121 Å². The lowest BCUT2D eigenvalue weighted by Gasteiger charge is -2.07. The highest BCUT2D eigenvalue weighted by atomic mass is 16.3. The minimum Gasteiger partial charge on any atom is -0.396 e. The van der Waals surface area contributed by atoms with E-state index in [1.165, 1.54) is 0 Å². The van der Waals surface area contributed by atoms with E-state index in [0.717, 1.165) is 0 Å².